The van der Waals surface area contributed by atoms with Crippen LogP contribution in [0.25, 0.3) is 21.5 Å². The largest absolute Gasteiger partial charge is 0.267 e. The highest BCUT2D eigenvalue weighted by Gasteiger charge is 2.25. The minimum absolute atomic E-state index is 0.121. The molecule has 32 heavy (non-hydrogen) atoms. The van der Waals surface area contributed by atoms with Crippen molar-refractivity contribution >= 4 is 36.7 Å². The predicted octanol–water partition coefficient (Wildman–Crippen LogP) is 5.32. The number of fused-ring (bicyclic) bond motifs is 1. The van der Waals surface area contributed by atoms with E-state index in [1.807, 2.05) is 85.8 Å². The third-order valence-electron chi connectivity index (χ3n) is 5.09. The Bertz CT molecular complexity index is 1490. The number of nitrogens with one attached hydrogen (secondary N) is 1. The number of benzene rings is 3. The molecule has 0 saturated heterocycles. The number of rotatable bonds is 6. The van der Waals surface area contributed by atoms with Crippen molar-refractivity contribution in [2.75, 3.05) is 4.72 Å². The Morgan fingerprint density at radius 1 is 0.938 bits per heavy atom. The predicted molar refractivity (Wildman–Crippen MR) is 128 cm³/mol. The zero-order valence-electron chi connectivity index (χ0n) is 17.3. The van der Waals surface area contributed by atoms with Crippen molar-refractivity contribution in [3.63, 3.8) is 0 Å². The van der Waals surface area contributed by atoms with Gasteiger partial charge in [-0.3, -0.25) is 9.40 Å². The summed E-state index contributed by atoms with van der Waals surface area (Å²) >= 11 is 1.32. The van der Waals surface area contributed by atoms with Crippen molar-refractivity contribution in [2.45, 2.75) is 18.4 Å². The van der Waals surface area contributed by atoms with Gasteiger partial charge in [0.2, 0.25) is 0 Å². The number of anilines is 1. The van der Waals surface area contributed by atoms with E-state index in [1.54, 1.807) is 10.9 Å². The first kappa shape index (κ1) is 20.4. The molecule has 0 radical (unpaired) electrons. The van der Waals surface area contributed by atoms with Crippen molar-refractivity contribution in [1.82, 2.24) is 14.8 Å². The van der Waals surface area contributed by atoms with Gasteiger partial charge in [0.25, 0.3) is 10.0 Å². The number of thiazole rings is 1. The third kappa shape index (κ3) is 4.02. The molecule has 160 valence electrons. The smallest absolute Gasteiger partial charge is 0.266 e. The molecule has 0 saturated carbocycles. The van der Waals surface area contributed by atoms with Gasteiger partial charge in [-0.25, -0.2) is 13.4 Å². The summed E-state index contributed by atoms with van der Waals surface area (Å²) in [7, 11) is -3.91. The molecular formula is C24H20N4O2S2. The van der Waals surface area contributed by atoms with Crippen LogP contribution >= 0.6 is 11.3 Å². The molecule has 3 aromatic carbocycles. The second-order valence-corrected chi connectivity index (χ2v) is 10.1. The van der Waals surface area contributed by atoms with Crippen molar-refractivity contribution in [3.05, 3.63) is 96.2 Å². The summed E-state index contributed by atoms with van der Waals surface area (Å²) in [4.78, 5) is 4.62. The van der Waals surface area contributed by atoms with Crippen LogP contribution in [0.15, 0.2) is 90.0 Å². The van der Waals surface area contributed by atoms with Crippen molar-refractivity contribution in [3.8, 4) is 11.3 Å². The molecule has 0 atom stereocenters. The number of hydrogen-bond donors (Lipinski definition) is 1. The SMILES string of the molecule is Cc1cccc2sc(NS(=O)(=O)c3cn(Cc4ccccc4)nc3-c3ccccc3)nc12. The normalized spacial score (nSPS) is 11.7. The summed E-state index contributed by atoms with van der Waals surface area (Å²) in [6, 6.07) is 25.0. The van der Waals surface area contributed by atoms with Crippen LogP contribution < -0.4 is 4.72 Å². The fourth-order valence-corrected chi connectivity index (χ4v) is 5.90. The van der Waals surface area contributed by atoms with E-state index in [9.17, 15) is 8.42 Å². The lowest BCUT2D eigenvalue weighted by atomic mass is 10.2. The van der Waals surface area contributed by atoms with Crippen LogP contribution in [0.2, 0.25) is 0 Å². The molecule has 6 nitrogen and oxygen atoms in total. The molecule has 0 unspecified atom stereocenters. The van der Waals surface area contributed by atoms with E-state index in [-0.39, 0.29) is 4.90 Å². The van der Waals surface area contributed by atoms with Crippen LogP contribution in [-0.2, 0) is 16.6 Å². The summed E-state index contributed by atoms with van der Waals surface area (Å²) in [5.74, 6) is 0. The van der Waals surface area contributed by atoms with Gasteiger partial charge in [0.05, 0.1) is 16.8 Å². The minimum atomic E-state index is -3.91. The Morgan fingerprint density at radius 3 is 2.38 bits per heavy atom. The average Bonchev–Trinajstić information content (AvgIpc) is 3.40. The maximum absolute atomic E-state index is 13.4. The van der Waals surface area contributed by atoms with Gasteiger partial charge in [0.15, 0.2) is 5.13 Å². The molecule has 0 amide bonds. The van der Waals surface area contributed by atoms with Crippen LogP contribution in [0.3, 0.4) is 0 Å². The van der Waals surface area contributed by atoms with Gasteiger partial charge in [0, 0.05) is 11.8 Å². The van der Waals surface area contributed by atoms with Gasteiger partial charge in [0.1, 0.15) is 10.6 Å². The monoisotopic (exact) mass is 460 g/mol. The summed E-state index contributed by atoms with van der Waals surface area (Å²) < 4.78 is 32.1. The van der Waals surface area contributed by atoms with E-state index in [1.165, 1.54) is 11.3 Å². The van der Waals surface area contributed by atoms with Gasteiger partial charge < -0.3 is 0 Å². The molecule has 0 aliphatic rings. The molecular weight excluding hydrogens is 440 g/mol. The number of sulfonamides is 1. The van der Waals surface area contributed by atoms with Crippen molar-refractivity contribution < 1.29 is 8.42 Å². The highest BCUT2D eigenvalue weighted by atomic mass is 32.2. The van der Waals surface area contributed by atoms with Gasteiger partial charge in [-0.05, 0) is 24.1 Å². The quantitative estimate of drug-likeness (QED) is 0.372. The van der Waals surface area contributed by atoms with E-state index < -0.39 is 10.0 Å². The standard InChI is InChI=1S/C24H20N4O2S2/c1-17-9-8-14-20-22(17)25-24(31-20)27-32(29,30)21-16-28(15-18-10-4-2-5-11-18)26-23(21)19-12-6-3-7-13-19/h2-14,16H,15H2,1H3,(H,25,27). The van der Waals surface area contributed by atoms with E-state index in [4.69, 9.17) is 0 Å². The van der Waals surface area contributed by atoms with Gasteiger partial charge >= 0.3 is 0 Å². The van der Waals surface area contributed by atoms with Crippen LogP contribution in [-0.4, -0.2) is 23.2 Å². The molecule has 5 rings (SSSR count). The lowest BCUT2D eigenvalue weighted by molar-refractivity contribution is 0.601. The number of hydrogen-bond acceptors (Lipinski definition) is 5. The number of nitrogens with zero attached hydrogens (tertiary/aromatic N) is 3. The van der Waals surface area contributed by atoms with Crippen LogP contribution in [0, 0.1) is 6.92 Å². The molecule has 0 spiro atoms. The van der Waals surface area contributed by atoms with E-state index in [0.717, 1.165) is 26.9 Å². The summed E-state index contributed by atoms with van der Waals surface area (Å²) in [6.45, 7) is 2.43. The topological polar surface area (TPSA) is 76.9 Å². The first-order chi connectivity index (χ1) is 15.5. The Labute approximate surface area is 190 Å². The van der Waals surface area contributed by atoms with Crippen molar-refractivity contribution in [1.29, 1.82) is 0 Å². The zero-order valence-corrected chi connectivity index (χ0v) is 18.9. The summed E-state index contributed by atoms with van der Waals surface area (Å²) in [6.07, 6.45) is 1.58. The number of aromatic nitrogens is 3. The van der Waals surface area contributed by atoms with E-state index in [0.29, 0.717) is 17.4 Å². The Morgan fingerprint density at radius 2 is 1.66 bits per heavy atom. The molecule has 0 fully saturated rings. The van der Waals surface area contributed by atoms with E-state index in [2.05, 4.69) is 14.8 Å². The van der Waals surface area contributed by atoms with Crippen LogP contribution in [0.1, 0.15) is 11.1 Å². The number of para-hydroxylation sites is 1. The van der Waals surface area contributed by atoms with Crippen molar-refractivity contribution in [2.24, 2.45) is 0 Å². The highest BCUT2D eigenvalue weighted by Crippen LogP contribution is 2.32. The van der Waals surface area contributed by atoms with E-state index >= 15 is 0 Å². The molecule has 5 aromatic rings. The Hall–Kier alpha value is -3.49. The zero-order chi connectivity index (χ0) is 22.1. The first-order valence-electron chi connectivity index (χ1n) is 10.1. The molecule has 1 N–H and O–H groups in total. The first-order valence-corrected chi connectivity index (χ1v) is 12.4. The molecule has 2 heterocycles. The van der Waals surface area contributed by atoms with Crippen LogP contribution in [0.5, 0.6) is 0 Å². The maximum Gasteiger partial charge on any atom is 0.267 e. The molecule has 0 bridgehead atoms. The minimum Gasteiger partial charge on any atom is -0.266 e. The lowest BCUT2D eigenvalue weighted by Gasteiger charge is -2.05. The lowest BCUT2D eigenvalue weighted by Crippen LogP contribution is -2.13. The molecule has 8 heteroatoms. The molecule has 0 aliphatic heterocycles. The molecule has 0 aliphatic carbocycles. The molecule has 2 aromatic heterocycles. The highest BCUT2D eigenvalue weighted by molar-refractivity contribution is 7.93. The van der Waals surface area contributed by atoms with Crippen LogP contribution in [0.4, 0.5) is 5.13 Å². The second-order valence-electron chi connectivity index (χ2n) is 7.44. The number of aryl methyl sites for hydroxylation is 1. The second kappa shape index (κ2) is 8.22. The van der Waals surface area contributed by atoms with Gasteiger partial charge in [-0.15, -0.1) is 0 Å². The summed E-state index contributed by atoms with van der Waals surface area (Å²) in [5.41, 5.74) is 3.99. The third-order valence-corrected chi connectivity index (χ3v) is 7.50. The average molecular weight is 461 g/mol. The van der Waals surface area contributed by atoms with Gasteiger partial charge in [-0.2, -0.15) is 5.10 Å². The fraction of sp³-hybridized carbons (Fsp3) is 0.0833. The maximum atomic E-state index is 13.4. The summed E-state index contributed by atoms with van der Waals surface area (Å²) in [5, 5.41) is 4.96. The fourth-order valence-electron chi connectivity index (χ4n) is 3.55. The Kier molecular flexibility index (Phi) is 5.24. The van der Waals surface area contributed by atoms with Gasteiger partial charge in [-0.1, -0.05) is 84.1 Å². The Balaban J connectivity index is 1.55.